The molecule has 0 amide bonds. The molecular weight excluding hydrogens is 94.9 g/mol. The average molecular weight is 110 g/mol. The van der Waals surface area contributed by atoms with Crippen LogP contribution in [0.25, 0.3) is 0 Å². The highest BCUT2D eigenvalue weighted by Gasteiger charge is 2.00. The molecule has 0 unspecified atom stereocenters. The molecule has 0 aromatic carbocycles. The maximum atomic E-state index is 2.22. The van der Waals surface area contributed by atoms with Crippen molar-refractivity contribution < 1.29 is 0 Å². The van der Waals surface area contributed by atoms with Gasteiger partial charge in [-0.1, -0.05) is 26.1 Å². The molecule has 0 heterocycles. The Hall–Kier alpha value is -0.195. The Kier molecular flexibility index (Phi) is 2.89. The lowest BCUT2D eigenvalue weighted by atomic mass is 9.48. The van der Waals surface area contributed by atoms with Gasteiger partial charge in [0.25, 0.3) is 0 Å². The minimum atomic E-state index is 0.722. The second-order valence-electron chi connectivity index (χ2n) is 2.84. The molecule has 0 N–H and O–H groups in total. The highest BCUT2D eigenvalue weighted by atomic mass is 13.8. The molecule has 0 aliphatic heterocycles. The van der Waals surface area contributed by atoms with Gasteiger partial charge in [-0.3, -0.25) is 0 Å². The van der Waals surface area contributed by atoms with E-state index in [-0.39, 0.29) is 0 Å². The molecule has 0 aliphatic carbocycles. The number of rotatable bonds is 1. The SMILES string of the molecule is CB(C)C(C)=C(C)C. The van der Waals surface area contributed by atoms with Crippen LogP contribution in [0.4, 0.5) is 0 Å². The molecule has 0 aromatic rings. The molecule has 0 atom stereocenters. The van der Waals surface area contributed by atoms with Crippen molar-refractivity contribution in [2.75, 3.05) is 0 Å². The Morgan fingerprint density at radius 1 is 1.00 bits per heavy atom. The van der Waals surface area contributed by atoms with Crippen LogP contribution in [-0.4, -0.2) is 6.71 Å². The lowest BCUT2D eigenvalue weighted by Gasteiger charge is -2.02. The zero-order valence-electron chi connectivity index (χ0n) is 6.58. The monoisotopic (exact) mass is 110 g/mol. The summed E-state index contributed by atoms with van der Waals surface area (Å²) in [5.41, 5.74) is 2.98. The third-order valence-electron chi connectivity index (χ3n) is 1.65. The van der Waals surface area contributed by atoms with Gasteiger partial charge in [-0.05, 0) is 13.8 Å². The van der Waals surface area contributed by atoms with E-state index in [1.54, 1.807) is 0 Å². The smallest absolute Gasteiger partial charge is 0.106 e. The minimum absolute atomic E-state index is 0.722. The topological polar surface area (TPSA) is 0 Å². The molecule has 0 spiro atoms. The first kappa shape index (κ1) is 7.80. The minimum Gasteiger partial charge on any atom is -0.106 e. The maximum absolute atomic E-state index is 2.22. The van der Waals surface area contributed by atoms with Crippen LogP contribution in [-0.2, 0) is 0 Å². The predicted octanol–water partition coefficient (Wildman–Crippen LogP) is 2.64. The molecule has 0 fully saturated rings. The fourth-order valence-electron chi connectivity index (χ4n) is 0.577. The van der Waals surface area contributed by atoms with Crippen LogP contribution in [0.3, 0.4) is 0 Å². The molecule has 1 heteroatoms. The molecule has 0 nitrogen and oxygen atoms in total. The average Bonchev–Trinajstić information content (AvgIpc) is 1.64. The molecule has 0 bridgehead atoms. The lowest BCUT2D eigenvalue weighted by molar-refractivity contribution is 1.32. The number of allylic oxidation sites excluding steroid dienone is 2. The molecular formula is C7H15B. The molecule has 0 saturated carbocycles. The van der Waals surface area contributed by atoms with Crippen molar-refractivity contribution in [1.29, 1.82) is 0 Å². The van der Waals surface area contributed by atoms with Gasteiger partial charge in [-0.25, -0.2) is 0 Å². The van der Waals surface area contributed by atoms with E-state index in [2.05, 4.69) is 34.4 Å². The third-order valence-corrected chi connectivity index (χ3v) is 1.65. The van der Waals surface area contributed by atoms with Crippen molar-refractivity contribution in [2.45, 2.75) is 34.4 Å². The van der Waals surface area contributed by atoms with Crippen LogP contribution in [0.15, 0.2) is 11.0 Å². The molecule has 8 heavy (non-hydrogen) atoms. The van der Waals surface area contributed by atoms with Crippen LogP contribution in [0.2, 0.25) is 13.6 Å². The lowest BCUT2D eigenvalue weighted by Crippen LogP contribution is -2.03. The van der Waals surface area contributed by atoms with Gasteiger partial charge in [0.1, 0.15) is 0 Å². The highest BCUT2D eigenvalue weighted by molar-refractivity contribution is 6.63. The van der Waals surface area contributed by atoms with Crippen molar-refractivity contribution in [2.24, 2.45) is 0 Å². The zero-order valence-corrected chi connectivity index (χ0v) is 6.58. The Morgan fingerprint density at radius 3 is 1.38 bits per heavy atom. The van der Waals surface area contributed by atoms with E-state index in [4.69, 9.17) is 0 Å². The van der Waals surface area contributed by atoms with E-state index in [0.717, 1.165) is 6.71 Å². The van der Waals surface area contributed by atoms with E-state index in [0.29, 0.717) is 0 Å². The summed E-state index contributed by atoms with van der Waals surface area (Å²) in [5.74, 6) is 0. The Balaban J connectivity index is 4.00. The van der Waals surface area contributed by atoms with E-state index < -0.39 is 0 Å². The van der Waals surface area contributed by atoms with Gasteiger partial charge in [0, 0.05) is 0 Å². The van der Waals surface area contributed by atoms with Crippen molar-refractivity contribution in [3.63, 3.8) is 0 Å². The molecule has 0 aliphatic rings. The molecule has 0 aromatic heterocycles. The number of hydrogen-bond acceptors (Lipinski definition) is 0. The van der Waals surface area contributed by atoms with Gasteiger partial charge in [0.15, 0.2) is 6.71 Å². The van der Waals surface area contributed by atoms with E-state index in [9.17, 15) is 0 Å². The summed E-state index contributed by atoms with van der Waals surface area (Å²) >= 11 is 0. The van der Waals surface area contributed by atoms with Crippen molar-refractivity contribution in [3.8, 4) is 0 Å². The van der Waals surface area contributed by atoms with Crippen LogP contribution < -0.4 is 0 Å². The van der Waals surface area contributed by atoms with Crippen LogP contribution in [0, 0.1) is 0 Å². The van der Waals surface area contributed by atoms with Crippen molar-refractivity contribution in [3.05, 3.63) is 11.0 Å². The predicted molar refractivity (Wildman–Crippen MR) is 41.5 cm³/mol. The Labute approximate surface area is 53.1 Å². The molecule has 0 radical (unpaired) electrons. The Bertz CT molecular complexity index is 97.0. The van der Waals surface area contributed by atoms with Gasteiger partial charge in [-0.15, -0.1) is 5.47 Å². The second kappa shape index (κ2) is 2.96. The standard InChI is InChI=1S/C7H15B/c1-6(2)7(3)8(4)5/h1-5H3. The summed E-state index contributed by atoms with van der Waals surface area (Å²) < 4.78 is 0. The van der Waals surface area contributed by atoms with Crippen LogP contribution in [0.5, 0.6) is 0 Å². The van der Waals surface area contributed by atoms with Crippen LogP contribution >= 0.6 is 0 Å². The van der Waals surface area contributed by atoms with E-state index in [1.165, 1.54) is 11.0 Å². The van der Waals surface area contributed by atoms with Gasteiger partial charge >= 0.3 is 0 Å². The van der Waals surface area contributed by atoms with Gasteiger partial charge in [0.2, 0.25) is 0 Å². The summed E-state index contributed by atoms with van der Waals surface area (Å²) in [6, 6.07) is 0. The second-order valence-corrected chi connectivity index (χ2v) is 2.84. The first-order chi connectivity index (χ1) is 3.55. The normalized spacial score (nSPS) is 8.62. The highest BCUT2D eigenvalue weighted by Crippen LogP contribution is 2.04. The molecule has 0 saturated heterocycles. The molecule has 46 valence electrons. The quantitative estimate of drug-likeness (QED) is 0.455. The third kappa shape index (κ3) is 2.20. The maximum Gasteiger partial charge on any atom is 0.163 e. The number of hydrogen-bond donors (Lipinski definition) is 0. The fraction of sp³-hybridized carbons (Fsp3) is 0.714. The summed E-state index contributed by atoms with van der Waals surface area (Å²) in [6.45, 7) is 11.7. The van der Waals surface area contributed by atoms with E-state index >= 15 is 0 Å². The summed E-state index contributed by atoms with van der Waals surface area (Å²) in [6.07, 6.45) is 0. The summed E-state index contributed by atoms with van der Waals surface area (Å²) in [4.78, 5) is 0. The van der Waals surface area contributed by atoms with Crippen LogP contribution in [0.1, 0.15) is 20.8 Å². The first-order valence-electron chi connectivity index (χ1n) is 3.19. The van der Waals surface area contributed by atoms with Gasteiger partial charge in [-0.2, -0.15) is 0 Å². The summed E-state index contributed by atoms with van der Waals surface area (Å²) in [5, 5.41) is 0. The first-order valence-corrected chi connectivity index (χ1v) is 3.19. The largest absolute Gasteiger partial charge is 0.163 e. The van der Waals surface area contributed by atoms with Crippen molar-refractivity contribution in [1.82, 2.24) is 0 Å². The van der Waals surface area contributed by atoms with Gasteiger partial charge < -0.3 is 0 Å². The Morgan fingerprint density at radius 2 is 1.38 bits per heavy atom. The van der Waals surface area contributed by atoms with Gasteiger partial charge in [0.05, 0.1) is 0 Å². The zero-order chi connectivity index (χ0) is 6.73. The van der Waals surface area contributed by atoms with Crippen molar-refractivity contribution >= 4 is 6.71 Å². The fourth-order valence-corrected chi connectivity index (χ4v) is 0.577. The van der Waals surface area contributed by atoms with E-state index in [1.807, 2.05) is 0 Å². The molecule has 0 rings (SSSR count). The summed E-state index contributed by atoms with van der Waals surface area (Å²) in [7, 11) is 0.